The molecule has 0 saturated carbocycles. The van der Waals surface area contributed by atoms with Crippen LogP contribution in [0.25, 0.3) is 0 Å². The first kappa shape index (κ1) is 14.4. The van der Waals surface area contributed by atoms with Crippen LogP contribution in [0.3, 0.4) is 0 Å². The standard InChI is InChI=1S/C11H24N2O2/c1-9(2)6-10(8-12)7-11(15)13-4-3-5-14/h9-10,14H,3-8,12H2,1-2H3,(H,13,15)/t10-/m0/s1. The van der Waals surface area contributed by atoms with Crippen LogP contribution in [0.15, 0.2) is 0 Å². The van der Waals surface area contributed by atoms with Crippen LogP contribution in [0.4, 0.5) is 0 Å². The SMILES string of the molecule is CC(C)C[C@H](CN)CC(=O)NCCCO. The zero-order chi connectivity index (χ0) is 11.7. The van der Waals surface area contributed by atoms with Crippen LogP contribution in [-0.2, 0) is 4.79 Å². The van der Waals surface area contributed by atoms with E-state index in [1.165, 1.54) is 0 Å². The van der Waals surface area contributed by atoms with Gasteiger partial charge < -0.3 is 16.2 Å². The molecule has 4 heteroatoms. The van der Waals surface area contributed by atoms with E-state index in [2.05, 4.69) is 19.2 Å². The Balaban J connectivity index is 3.70. The van der Waals surface area contributed by atoms with Gasteiger partial charge in [-0.25, -0.2) is 0 Å². The third-order valence-electron chi connectivity index (χ3n) is 2.27. The highest BCUT2D eigenvalue weighted by Gasteiger charge is 2.13. The van der Waals surface area contributed by atoms with E-state index in [1.807, 2.05) is 0 Å². The monoisotopic (exact) mass is 216 g/mol. The van der Waals surface area contributed by atoms with Crippen LogP contribution in [0, 0.1) is 11.8 Å². The molecule has 0 bridgehead atoms. The molecule has 0 spiro atoms. The number of aliphatic hydroxyl groups excluding tert-OH is 1. The Morgan fingerprint density at radius 1 is 1.47 bits per heavy atom. The minimum Gasteiger partial charge on any atom is -0.396 e. The number of carbonyl (C=O) groups excluding carboxylic acids is 1. The number of amides is 1. The van der Waals surface area contributed by atoms with Crippen LogP contribution in [0.1, 0.15) is 33.1 Å². The van der Waals surface area contributed by atoms with Gasteiger partial charge in [0.15, 0.2) is 0 Å². The zero-order valence-electron chi connectivity index (χ0n) is 9.83. The molecule has 0 fully saturated rings. The third-order valence-corrected chi connectivity index (χ3v) is 2.27. The summed E-state index contributed by atoms with van der Waals surface area (Å²) in [5.74, 6) is 0.891. The summed E-state index contributed by atoms with van der Waals surface area (Å²) in [6.45, 7) is 5.49. The predicted molar refractivity (Wildman–Crippen MR) is 61.3 cm³/mol. The van der Waals surface area contributed by atoms with Crippen LogP contribution >= 0.6 is 0 Å². The minimum atomic E-state index is 0.0413. The summed E-state index contributed by atoms with van der Waals surface area (Å²) in [5.41, 5.74) is 5.60. The van der Waals surface area contributed by atoms with E-state index in [0.29, 0.717) is 31.8 Å². The van der Waals surface area contributed by atoms with Gasteiger partial charge in [0.1, 0.15) is 0 Å². The molecular formula is C11H24N2O2. The molecule has 0 aliphatic rings. The highest BCUT2D eigenvalue weighted by molar-refractivity contribution is 5.76. The molecular weight excluding hydrogens is 192 g/mol. The lowest BCUT2D eigenvalue weighted by Gasteiger charge is -2.16. The van der Waals surface area contributed by atoms with E-state index in [-0.39, 0.29) is 18.4 Å². The fourth-order valence-electron chi connectivity index (χ4n) is 1.57. The number of hydrogen-bond acceptors (Lipinski definition) is 3. The van der Waals surface area contributed by atoms with E-state index in [0.717, 1.165) is 6.42 Å². The maximum atomic E-state index is 11.4. The van der Waals surface area contributed by atoms with Crippen molar-refractivity contribution in [3.05, 3.63) is 0 Å². The molecule has 0 aromatic rings. The second-order valence-electron chi connectivity index (χ2n) is 4.36. The first-order valence-electron chi connectivity index (χ1n) is 5.67. The number of nitrogens with two attached hydrogens (primary N) is 1. The van der Waals surface area contributed by atoms with Crippen LogP contribution in [-0.4, -0.2) is 30.7 Å². The van der Waals surface area contributed by atoms with Crippen LogP contribution < -0.4 is 11.1 Å². The van der Waals surface area contributed by atoms with Gasteiger partial charge in [-0.1, -0.05) is 13.8 Å². The molecule has 0 aliphatic carbocycles. The Kier molecular flexibility index (Phi) is 8.33. The van der Waals surface area contributed by atoms with Crippen molar-refractivity contribution in [2.75, 3.05) is 19.7 Å². The molecule has 0 heterocycles. The van der Waals surface area contributed by atoms with Gasteiger partial charge in [-0.15, -0.1) is 0 Å². The summed E-state index contributed by atoms with van der Waals surface area (Å²) >= 11 is 0. The first-order chi connectivity index (χ1) is 7.10. The third kappa shape index (κ3) is 8.39. The largest absolute Gasteiger partial charge is 0.396 e. The Bertz CT molecular complexity index is 172. The fraction of sp³-hybridized carbons (Fsp3) is 0.909. The summed E-state index contributed by atoms with van der Waals surface area (Å²) in [6.07, 6.45) is 2.10. The molecule has 4 nitrogen and oxygen atoms in total. The normalized spacial score (nSPS) is 12.9. The maximum Gasteiger partial charge on any atom is 0.220 e. The van der Waals surface area contributed by atoms with Gasteiger partial charge in [0.25, 0.3) is 0 Å². The van der Waals surface area contributed by atoms with E-state index in [9.17, 15) is 4.79 Å². The topological polar surface area (TPSA) is 75.4 Å². The molecule has 0 radical (unpaired) electrons. The molecule has 0 rings (SSSR count). The summed E-state index contributed by atoms with van der Waals surface area (Å²) in [4.78, 5) is 11.4. The van der Waals surface area contributed by atoms with Gasteiger partial charge in [-0.2, -0.15) is 0 Å². The lowest BCUT2D eigenvalue weighted by atomic mass is 9.94. The number of aliphatic hydroxyl groups is 1. The van der Waals surface area contributed by atoms with Crippen molar-refractivity contribution in [1.82, 2.24) is 5.32 Å². The molecule has 0 aromatic heterocycles. The average molecular weight is 216 g/mol. The van der Waals surface area contributed by atoms with E-state index >= 15 is 0 Å². The summed E-state index contributed by atoms with van der Waals surface area (Å²) in [5, 5.41) is 11.3. The number of nitrogens with one attached hydrogen (secondary N) is 1. The first-order valence-corrected chi connectivity index (χ1v) is 5.67. The van der Waals surface area contributed by atoms with Crippen molar-refractivity contribution < 1.29 is 9.90 Å². The van der Waals surface area contributed by atoms with E-state index in [1.54, 1.807) is 0 Å². The van der Waals surface area contributed by atoms with Crippen molar-refractivity contribution in [3.8, 4) is 0 Å². The summed E-state index contributed by atoms with van der Waals surface area (Å²) in [6, 6.07) is 0. The van der Waals surface area contributed by atoms with Crippen LogP contribution in [0.5, 0.6) is 0 Å². The molecule has 15 heavy (non-hydrogen) atoms. The lowest BCUT2D eigenvalue weighted by Crippen LogP contribution is -2.29. The maximum absolute atomic E-state index is 11.4. The van der Waals surface area contributed by atoms with Gasteiger partial charge in [-0.05, 0) is 31.2 Å². The molecule has 1 amide bonds. The quantitative estimate of drug-likeness (QED) is 0.517. The van der Waals surface area contributed by atoms with Crippen molar-refractivity contribution in [2.45, 2.75) is 33.1 Å². The highest BCUT2D eigenvalue weighted by Crippen LogP contribution is 2.13. The Morgan fingerprint density at radius 2 is 2.13 bits per heavy atom. The van der Waals surface area contributed by atoms with Crippen molar-refractivity contribution in [1.29, 1.82) is 0 Å². The Morgan fingerprint density at radius 3 is 2.60 bits per heavy atom. The Labute approximate surface area is 92.2 Å². The second-order valence-corrected chi connectivity index (χ2v) is 4.36. The summed E-state index contributed by atoms with van der Waals surface area (Å²) < 4.78 is 0. The van der Waals surface area contributed by atoms with E-state index in [4.69, 9.17) is 10.8 Å². The lowest BCUT2D eigenvalue weighted by molar-refractivity contribution is -0.122. The van der Waals surface area contributed by atoms with Gasteiger partial charge in [0.05, 0.1) is 0 Å². The van der Waals surface area contributed by atoms with Crippen LogP contribution in [0.2, 0.25) is 0 Å². The van der Waals surface area contributed by atoms with Crippen molar-refractivity contribution >= 4 is 5.91 Å². The molecule has 0 saturated heterocycles. The zero-order valence-corrected chi connectivity index (χ0v) is 9.83. The number of carbonyl (C=O) groups is 1. The van der Waals surface area contributed by atoms with Gasteiger partial charge in [0, 0.05) is 19.6 Å². The molecule has 90 valence electrons. The van der Waals surface area contributed by atoms with Gasteiger partial charge in [-0.3, -0.25) is 4.79 Å². The molecule has 0 aliphatic heterocycles. The van der Waals surface area contributed by atoms with Gasteiger partial charge >= 0.3 is 0 Å². The molecule has 4 N–H and O–H groups in total. The molecule has 1 atom stereocenters. The average Bonchev–Trinajstić information content (AvgIpc) is 2.16. The van der Waals surface area contributed by atoms with Crippen molar-refractivity contribution in [3.63, 3.8) is 0 Å². The minimum absolute atomic E-state index is 0.0413. The number of hydrogen-bond donors (Lipinski definition) is 3. The van der Waals surface area contributed by atoms with Crippen molar-refractivity contribution in [2.24, 2.45) is 17.6 Å². The molecule has 0 unspecified atom stereocenters. The Hall–Kier alpha value is -0.610. The summed E-state index contributed by atoms with van der Waals surface area (Å²) in [7, 11) is 0. The molecule has 0 aromatic carbocycles. The second kappa shape index (κ2) is 8.68. The fourth-order valence-corrected chi connectivity index (χ4v) is 1.57. The smallest absolute Gasteiger partial charge is 0.220 e. The van der Waals surface area contributed by atoms with Gasteiger partial charge in [0.2, 0.25) is 5.91 Å². The van der Waals surface area contributed by atoms with E-state index < -0.39 is 0 Å². The number of rotatable bonds is 8. The predicted octanol–water partition coefficient (Wildman–Crippen LogP) is 0.496. The highest BCUT2D eigenvalue weighted by atomic mass is 16.3.